The first-order chi connectivity index (χ1) is 9.54. The third kappa shape index (κ3) is 4.36. The Labute approximate surface area is 141 Å². The second kappa shape index (κ2) is 8.99. The van der Waals surface area contributed by atoms with Crippen molar-refractivity contribution in [3.05, 3.63) is 27.8 Å². The Morgan fingerprint density at radius 3 is 2.45 bits per heavy atom. The molecule has 0 unspecified atom stereocenters. The van der Waals surface area contributed by atoms with E-state index in [1.165, 1.54) is 19.2 Å². The van der Waals surface area contributed by atoms with Crippen LogP contribution in [0.4, 0.5) is 5.69 Å². The molecule has 22 heavy (non-hydrogen) atoms. The normalized spacial score (nSPS) is 16.1. The maximum absolute atomic E-state index is 11.0. The van der Waals surface area contributed by atoms with Gasteiger partial charge in [0.15, 0.2) is 11.5 Å². The van der Waals surface area contributed by atoms with Crippen LogP contribution in [0.3, 0.4) is 0 Å². The summed E-state index contributed by atoms with van der Waals surface area (Å²) in [7, 11) is 1.39. The van der Waals surface area contributed by atoms with E-state index in [0.29, 0.717) is 5.56 Å². The topological polar surface area (TPSA) is 87.9 Å². The zero-order chi connectivity index (χ0) is 14.7. The first-order valence-electron chi connectivity index (χ1n) is 6.54. The molecule has 1 aromatic carbocycles. The molecule has 1 atom stereocenters. The molecule has 0 spiro atoms. The molecule has 9 heteroatoms. The Balaban J connectivity index is 0.00000220. The average molecular weight is 354 g/mol. The largest absolute Gasteiger partial charge is 0.504 e. The van der Waals surface area contributed by atoms with Gasteiger partial charge in [-0.1, -0.05) is 0 Å². The number of ether oxygens (including phenoxy) is 1. The summed E-state index contributed by atoms with van der Waals surface area (Å²) in [6.07, 6.45) is 0. The van der Waals surface area contributed by atoms with E-state index in [9.17, 15) is 15.2 Å². The van der Waals surface area contributed by atoms with Crippen molar-refractivity contribution in [2.45, 2.75) is 13.0 Å². The van der Waals surface area contributed by atoms with Crippen LogP contribution in [0.25, 0.3) is 0 Å². The molecule has 7 nitrogen and oxygen atoms in total. The lowest BCUT2D eigenvalue weighted by Crippen LogP contribution is -2.44. The second-order valence-electron chi connectivity index (χ2n) is 4.80. The molecule has 0 aromatic heterocycles. The summed E-state index contributed by atoms with van der Waals surface area (Å²) >= 11 is 0. The highest BCUT2D eigenvalue weighted by Crippen LogP contribution is 2.39. The molecule has 1 heterocycles. The molecule has 1 fully saturated rings. The number of phenols is 1. The number of hydrogen-bond donors (Lipinski definition) is 2. The van der Waals surface area contributed by atoms with Crippen molar-refractivity contribution < 1.29 is 14.8 Å². The fourth-order valence-corrected chi connectivity index (χ4v) is 2.46. The van der Waals surface area contributed by atoms with Gasteiger partial charge in [-0.05, 0) is 6.92 Å². The summed E-state index contributed by atoms with van der Waals surface area (Å²) in [4.78, 5) is 12.7. The van der Waals surface area contributed by atoms with Crippen molar-refractivity contribution >= 4 is 30.5 Å². The van der Waals surface area contributed by atoms with Crippen LogP contribution in [0.5, 0.6) is 11.5 Å². The molecular weight excluding hydrogens is 333 g/mol. The Kier molecular flexibility index (Phi) is 8.47. The van der Waals surface area contributed by atoms with Gasteiger partial charge in [-0.3, -0.25) is 15.0 Å². The lowest BCUT2D eigenvalue weighted by atomic mass is 10.0. The zero-order valence-corrected chi connectivity index (χ0v) is 14.1. The summed E-state index contributed by atoms with van der Waals surface area (Å²) in [6.45, 7) is 5.36. The molecule has 2 N–H and O–H groups in total. The van der Waals surface area contributed by atoms with E-state index in [-0.39, 0.29) is 48.0 Å². The number of rotatable bonds is 4. The summed E-state index contributed by atoms with van der Waals surface area (Å²) < 4.78 is 5.03. The van der Waals surface area contributed by atoms with Gasteiger partial charge in [0, 0.05) is 43.9 Å². The number of halogens is 2. The number of piperazine rings is 1. The van der Waals surface area contributed by atoms with Crippen molar-refractivity contribution in [1.82, 2.24) is 10.2 Å². The van der Waals surface area contributed by atoms with Crippen LogP contribution in [0.2, 0.25) is 0 Å². The fraction of sp³-hybridized carbons (Fsp3) is 0.538. The Morgan fingerprint density at radius 1 is 1.36 bits per heavy atom. The SMILES string of the molecule is COc1cc([N+](=O)[O-])cc([C@@H](C)N2CCNCC2)c1O.Cl.Cl. The molecule has 2 rings (SSSR count). The smallest absolute Gasteiger partial charge is 0.273 e. The van der Waals surface area contributed by atoms with E-state index < -0.39 is 4.92 Å². The Bertz CT molecular complexity index is 510. The average Bonchev–Trinajstić information content (AvgIpc) is 2.47. The summed E-state index contributed by atoms with van der Waals surface area (Å²) in [5.74, 6) is 0.111. The highest BCUT2D eigenvalue weighted by Gasteiger charge is 2.25. The predicted octanol–water partition coefficient (Wildman–Crippen LogP) is 2.12. The number of nitrogens with zero attached hydrogens (tertiary/aromatic N) is 2. The van der Waals surface area contributed by atoms with Crippen LogP contribution in [0, 0.1) is 10.1 Å². The molecule has 1 aliphatic rings. The lowest BCUT2D eigenvalue weighted by molar-refractivity contribution is -0.385. The maximum atomic E-state index is 11.0. The number of hydrogen-bond acceptors (Lipinski definition) is 6. The minimum absolute atomic E-state index is 0. The van der Waals surface area contributed by atoms with E-state index in [1.54, 1.807) is 0 Å². The van der Waals surface area contributed by atoms with Crippen LogP contribution in [0.1, 0.15) is 18.5 Å². The standard InChI is InChI=1S/C13H19N3O4.2ClH/c1-9(15-5-3-14-4-6-15)11-7-10(16(18)19)8-12(20-2)13(11)17;;/h7-9,14,17H,3-6H2,1-2H3;2*1H/t9-;;/m1../s1. The van der Waals surface area contributed by atoms with Gasteiger partial charge >= 0.3 is 0 Å². The molecule has 1 aromatic rings. The van der Waals surface area contributed by atoms with Crippen molar-refractivity contribution in [3.63, 3.8) is 0 Å². The summed E-state index contributed by atoms with van der Waals surface area (Å²) in [5.41, 5.74) is 0.453. The third-order valence-corrected chi connectivity index (χ3v) is 3.67. The maximum Gasteiger partial charge on any atom is 0.273 e. The minimum atomic E-state index is -0.476. The number of methoxy groups -OCH3 is 1. The number of phenolic OH excluding ortho intramolecular Hbond substituents is 1. The van der Waals surface area contributed by atoms with E-state index in [1.807, 2.05) is 6.92 Å². The summed E-state index contributed by atoms with van der Waals surface area (Å²) in [6, 6.07) is 2.55. The van der Waals surface area contributed by atoms with Gasteiger partial charge in [-0.25, -0.2) is 0 Å². The second-order valence-corrected chi connectivity index (χ2v) is 4.80. The summed E-state index contributed by atoms with van der Waals surface area (Å²) in [5, 5.41) is 24.4. The zero-order valence-electron chi connectivity index (χ0n) is 12.4. The number of non-ortho nitro benzene ring substituents is 1. The lowest BCUT2D eigenvalue weighted by Gasteiger charge is -2.33. The number of benzene rings is 1. The number of nitrogens with one attached hydrogen (secondary N) is 1. The van der Waals surface area contributed by atoms with E-state index >= 15 is 0 Å². The van der Waals surface area contributed by atoms with Gasteiger partial charge in [-0.15, -0.1) is 24.8 Å². The molecule has 0 bridgehead atoms. The number of nitro benzene ring substituents is 1. The Morgan fingerprint density at radius 2 is 1.95 bits per heavy atom. The fourth-order valence-electron chi connectivity index (χ4n) is 2.46. The van der Waals surface area contributed by atoms with Gasteiger partial charge in [0.2, 0.25) is 0 Å². The molecular formula is C13H21Cl2N3O4. The molecule has 0 aliphatic carbocycles. The van der Waals surface area contributed by atoms with E-state index in [0.717, 1.165) is 26.2 Å². The highest BCUT2D eigenvalue weighted by atomic mass is 35.5. The van der Waals surface area contributed by atoms with Crippen LogP contribution >= 0.6 is 24.8 Å². The van der Waals surface area contributed by atoms with Gasteiger partial charge in [0.1, 0.15) is 0 Å². The molecule has 0 saturated carbocycles. The van der Waals surface area contributed by atoms with Gasteiger partial charge < -0.3 is 15.2 Å². The van der Waals surface area contributed by atoms with Gasteiger partial charge in [0.25, 0.3) is 5.69 Å². The highest BCUT2D eigenvalue weighted by molar-refractivity contribution is 5.85. The van der Waals surface area contributed by atoms with Crippen LogP contribution < -0.4 is 10.1 Å². The monoisotopic (exact) mass is 353 g/mol. The van der Waals surface area contributed by atoms with Gasteiger partial charge in [0.05, 0.1) is 18.1 Å². The van der Waals surface area contributed by atoms with Crippen molar-refractivity contribution in [2.75, 3.05) is 33.3 Å². The molecule has 126 valence electrons. The quantitative estimate of drug-likeness (QED) is 0.636. The predicted molar refractivity (Wildman–Crippen MR) is 88.7 cm³/mol. The first-order valence-corrected chi connectivity index (χ1v) is 6.54. The van der Waals surface area contributed by atoms with Crippen LogP contribution in [0.15, 0.2) is 12.1 Å². The molecule has 0 amide bonds. The third-order valence-electron chi connectivity index (χ3n) is 3.67. The van der Waals surface area contributed by atoms with Crippen molar-refractivity contribution in [3.8, 4) is 11.5 Å². The molecule has 1 saturated heterocycles. The van der Waals surface area contributed by atoms with E-state index in [4.69, 9.17) is 4.74 Å². The Hall–Kier alpha value is -1.28. The minimum Gasteiger partial charge on any atom is -0.504 e. The molecule has 1 aliphatic heterocycles. The molecule has 0 radical (unpaired) electrons. The van der Waals surface area contributed by atoms with Gasteiger partial charge in [-0.2, -0.15) is 0 Å². The van der Waals surface area contributed by atoms with Crippen LogP contribution in [-0.2, 0) is 0 Å². The van der Waals surface area contributed by atoms with E-state index in [2.05, 4.69) is 10.2 Å². The first kappa shape index (κ1) is 20.7. The number of nitro groups is 1. The number of aromatic hydroxyl groups is 1. The van der Waals surface area contributed by atoms with Crippen molar-refractivity contribution in [2.24, 2.45) is 0 Å². The van der Waals surface area contributed by atoms with Crippen LogP contribution in [-0.4, -0.2) is 48.2 Å². The van der Waals surface area contributed by atoms with Crippen molar-refractivity contribution in [1.29, 1.82) is 0 Å².